The van der Waals surface area contributed by atoms with E-state index in [4.69, 9.17) is 0 Å². The second-order valence-corrected chi connectivity index (χ2v) is 3.61. The maximum Gasteiger partial charge on any atom is 0.0492 e. The van der Waals surface area contributed by atoms with Crippen LogP contribution in [0.1, 0.15) is 51.8 Å². The van der Waals surface area contributed by atoms with Crippen molar-refractivity contribution in [2.45, 2.75) is 46.1 Å². The number of hydrogen-bond donors (Lipinski definition) is 0. The molecular weight excluding hydrogens is 148 g/mol. The van der Waals surface area contributed by atoms with E-state index in [9.17, 15) is 0 Å². The maximum atomic E-state index is 4.32. The Balaban J connectivity index is 2.91. The molecule has 0 unspecified atom stereocenters. The molecule has 0 aliphatic heterocycles. The lowest BCUT2D eigenvalue weighted by Gasteiger charge is -2.15. The van der Waals surface area contributed by atoms with Crippen molar-refractivity contribution in [3.8, 4) is 0 Å². The molecule has 12 heavy (non-hydrogen) atoms. The van der Waals surface area contributed by atoms with Crippen LogP contribution >= 0.6 is 0 Å². The first-order valence-electron chi connectivity index (χ1n) is 4.70. The van der Waals surface area contributed by atoms with E-state index in [0.717, 1.165) is 6.42 Å². The van der Waals surface area contributed by atoms with Crippen LogP contribution in [0.4, 0.5) is 0 Å². The molecule has 1 atom stereocenters. The van der Waals surface area contributed by atoms with Gasteiger partial charge in [-0.2, -0.15) is 5.10 Å². The SMILES string of the molecule is CC[C@H](C)n1nccc1C(C)C. The Bertz CT molecular complexity index is 238. The van der Waals surface area contributed by atoms with Crippen molar-refractivity contribution >= 4 is 0 Å². The third-order valence-electron chi connectivity index (χ3n) is 2.30. The number of aromatic nitrogens is 2. The second-order valence-electron chi connectivity index (χ2n) is 3.61. The molecule has 0 saturated carbocycles. The smallest absolute Gasteiger partial charge is 0.0492 e. The monoisotopic (exact) mass is 166 g/mol. The Morgan fingerprint density at radius 3 is 2.58 bits per heavy atom. The Hall–Kier alpha value is -0.790. The molecule has 0 aliphatic carbocycles. The standard InChI is InChI=1S/C10H18N2/c1-5-9(4)12-10(8(2)3)6-7-11-12/h6-9H,5H2,1-4H3/t9-/m0/s1. The minimum atomic E-state index is 0.525. The van der Waals surface area contributed by atoms with Crippen LogP contribution in [-0.4, -0.2) is 9.78 Å². The van der Waals surface area contributed by atoms with Gasteiger partial charge < -0.3 is 0 Å². The number of nitrogens with zero attached hydrogens (tertiary/aromatic N) is 2. The second kappa shape index (κ2) is 3.74. The molecule has 0 spiro atoms. The van der Waals surface area contributed by atoms with Crippen molar-refractivity contribution in [3.05, 3.63) is 18.0 Å². The van der Waals surface area contributed by atoms with Crippen LogP contribution in [-0.2, 0) is 0 Å². The fourth-order valence-corrected chi connectivity index (χ4v) is 1.32. The fourth-order valence-electron chi connectivity index (χ4n) is 1.32. The summed E-state index contributed by atoms with van der Waals surface area (Å²) in [5.41, 5.74) is 1.34. The Morgan fingerprint density at radius 1 is 1.42 bits per heavy atom. The molecule has 2 heteroatoms. The van der Waals surface area contributed by atoms with Gasteiger partial charge in [-0.3, -0.25) is 4.68 Å². The summed E-state index contributed by atoms with van der Waals surface area (Å²) in [6, 6.07) is 2.63. The van der Waals surface area contributed by atoms with Crippen LogP contribution in [0, 0.1) is 0 Å². The van der Waals surface area contributed by atoms with E-state index in [1.807, 2.05) is 6.20 Å². The molecular formula is C10H18N2. The zero-order valence-corrected chi connectivity index (χ0v) is 8.41. The zero-order chi connectivity index (χ0) is 9.14. The molecule has 0 aliphatic rings. The maximum absolute atomic E-state index is 4.32. The predicted molar refractivity (Wildman–Crippen MR) is 51.3 cm³/mol. The third-order valence-corrected chi connectivity index (χ3v) is 2.30. The molecule has 0 aromatic carbocycles. The topological polar surface area (TPSA) is 17.8 Å². The van der Waals surface area contributed by atoms with Crippen molar-refractivity contribution in [1.29, 1.82) is 0 Å². The number of hydrogen-bond acceptors (Lipinski definition) is 1. The van der Waals surface area contributed by atoms with E-state index in [1.54, 1.807) is 0 Å². The summed E-state index contributed by atoms with van der Waals surface area (Å²) in [5.74, 6) is 0.571. The molecule has 0 N–H and O–H groups in total. The highest BCUT2D eigenvalue weighted by Gasteiger charge is 2.10. The van der Waals surface area contributed by atoms with Gasteiger partial charge in [0.2, 0.25) is 0 Å². The molecule has 0 fully saturated rings. The van der Waals surface area contributed by atoms with Gasteiger partial charge in [0.15, 0.2) is 0 Å². The molecule has 1 heterocycles. The normalized spacial score (nSPS) is 13.8. The summed E-state index contributed by atoms with van der Waals surface area (Å²) >= 11 is 0. The van der Waals surface area contributed by atoms with Crippen molar-refractivity contribution in [3.63, 3.8) is 0 Å². The highest BCUT2D eigenvalue weighted by Crippen LogP contribution is 2.18. The molecule has 0 saturated heterocycles. The molecule has 0 radical (unpaired) electrons. The molecule has 2 nitrogen and oxygen atoms in total. The van der Waals surface area contributed by atoms with Crippen LogP contribution in [0.5, 0.6) is 0 Å². The van der Waals surface area contributed by atoms with E-state index in [1.165, 1.54) is 5.69 Å². The van der Waals surface area contributed by atoms with Gasteiger partial charge in [-0.1, -0.05) is 20.8 Å². The first-order chi connectivity index (χ1) is 5.66. The van der Waals surface area contributed by atoms with Crippen LogP contribution in [0.2, 0.25) is 0 Å². The summed E-state index contributed by atoms with van der Waals surface area (Å²) in [6.45, 7) is 8.81. The van der Waals surface area contributed by atoms with E-state index in [0.29, 0.717) is 12.0 Å². The van der Waals surface area contributed by atoms with Gasteiger partial charge in [-0.15, -0.1) is 0 Å². The van der Waals surface area contributed by atoms with E-state index in [-0.39, 0.29) is 0 Å². The molecule has 1 aromatic heterocycles. The van der Waals surface area contributed by atoms with Gasteiger partial charge in [0, 0.05) is 17.9 Å². The summed E-state index contributed by atoms with van der Waals surface area (Å²) in [6.07, 6.45) is 3.03. The average molecular weight is 166 g/mol. The summed E-state index contributed by atoms with van der Waals surface area (Å²) < 4.78 is 2.13. The summed E-state index contributed by atoms with van der Waals surface area (Å²) in [5, 5.41) is 4.32. The van der Waals surface area contributed by atoms with Crippen LogP contribution in [0.25, 0.3) is 0 Å². The van der Waals surface area contributed by atoms with Gasteiger partial charge >= 0.3 is 0 Å². The van der Waals surface area contributed by atoms with Crippen LogP contribution < -0.4 is 0 Å². The van der Waals surface area contributed by atoms with Crippen LogP contribution in [0.15, 0.2) is 12.3 Å². The van der Waals surface area contributed by atoms with Gasteiger partial charge in [-0.25, -0.2) is 0 Å². The van der Waals surface area contributed by atoms with Crippen molar-refractivity contribution < 1.29 is 0 Å². The van der Waals surface area contributed by atoms with Crippen molar-refractivity contribution in [2.75, 3.05) is 0 Å². The first-order valence-corrected chi connectivity index (χ1v) is 4.70. The van der Waals surface area contributed by atoms with E-state index < -0.39 is 0 Å². The molecule has 68 valence electrons. The molecule has 0 amide bonds. The van der Waals surface area contributed by atoms with E-state index >= 15 is 0 Å². The minimum absolute atomic E-state index is 0.525. The van der Waals surface area contributed by atoms with Gasteiger partial charge in [0.05, 0.1) is 0 Å². The average Bonchev–Trinajstić information content (AvgIpc) is 2.50. The lowest BCUT2D eigenvalue weighted by molar-refractivity contribution is 0.452. The highest BCUT2D eigenvalue weighted by atomic mass is 15.3. The molecule has 1 rings (SSSR count). The predicted octanol–water partition coefficient (Wildman–Crippen LogP) is 2.98. The minimum Gasteiger partial charge on any atom is -0.267 e. The lowest BCUT2D eigenvalue weighted by atomic mass is 10.1. The lowest BCUT2D eigenvalue weighted by Crippen LogP contribution is -2.10. The Morgan fingerprint density at radius 2 is 2.08 bits per heavy atom. The van der Waals surface area contributed by atoms with E-state index in [2.05, 4.69) is 43.5 Å². The first kappa shape index (κ1) is 9.30. The van der Waals surface area contributed by atoms with Gasteiger partial charge in [0.25, 0.3) is 0 Å². The zero-order valence-electron chi connectivity index (χ0n) is 8.41. The highest BCUT2D eigenvalue weighted by molar-refractivity contribution is 5.06. The molecule has 1 aromatic rings. The van der Waals surface area contributed by atoms with Crippen molar-refractivity contribution in [2.24, 2.45) is 0 Å². The fraction of sp³-hybridized carbons (Fsp3) is 0.700. The summed E-state index contributed by atoms with van der Waals surface area (Å²) in [4.78, 5) is 0. The Labute approximate surface area is 74.6 Å². The third kappa shape index (κ3) is 1.68. The summed E-state index contributed by atoms with van der Waals surface area (Å²) in [7, 11) is 0. The van der Waals surface area contributed by atoms with Crippen LogP contribution in [0.3, 0.4) is 0 Å². The largest absolute Gasteiger partial charge is 0.267 e. The van der Waals surface area contributed by atoms with Gasteiger partial charge in [0.1, 0.15) is 0 Å². The quantitative estimate of drug-likeness (QED) is 0.675. The number of rotatable bonds is 3. The Kier molecular flexibility index (Phi) is 2.90. The molecule has 0 bridgehead atoms. The van der Waals surface area contributed by atoms with Gasteiger partial charge in [-0.05, 0) is 25.3 Å². The van der Waals surface area contributed by atoms with Crippen molar-refractivity contribution in [1.82, 2.24) is 9.78 Å².